The van der Waals surface area contributed by atoms with Gasteiger partial charge in [-0.2, -0.15) is 5.26 Å². The second kappa shape index (κ2) is 5.15. The maximum Gasteiger partial charge on any atom is 0.142 e. The number of rotatable bonds is 2. The molecule has 90 valence electrons. The van der Waals surface area contributed by atoms with Gasteiger partial charge in [0, 0.05) is 12.1 Å². The standard InChI is InChI=1S/C13H18N4/c1-10-5-3-6-11(2)17(10)16-13-8-4-7-12(9-14)15-13/h4,7-8,10-11H,3,5-6H2,1-2H3,(H,15,16). The topological polar surface area (TPSA) is 52.0 Å². The summed E-state index contributed by atoms with van der Waals surface area (Å²) in [6, 6.07) is 8.54. The van der Waals surface area contributed by atoms with Gasteiger partial charge in [-0.1, -0.05) is 12.5 Å². The second-order valence-corrected chi connectivity index (χ2v) is 4.67. The number of anilines is 1. The van der Waals surface area contributed by atoms with Crippen LogP contribution >= 0.6 is 0 Å². The molecule has 0 amide bonds. The third kappa shape index (κ3) is 2.75. The summed E-state index contributed by atoms with van der Waals surface area (Å²) >= 11 is 0. The largest absolute Gasteiger partial charge is 0.303 e. The van der Waals surface area contributed by atoms with Gasteiger partial charge in [-0.05, 0) is 38.8 Å². The molecule has 4 nitrogen and oxygen atoms in total. The van der Waals surface area contributed by atoms with Crippen molar-refractivity contribution in [3.05, 3.63) is 23.9 Å². The first-order chi connectivity index (χ1) is 8.20. The first kappa shape index (κ1) is 11.9. The number of nitriles is 1. The minimum atomic E-state index is 0.451. The molecule has 2 heterocycles. The molecule has 2 rings (SSSR count). The first-order valence-electron chi connectivity index (χ1n) is 6.13. The lowest BCUT2D eigenvalue weighted by molar-refractivity contribution is 0.135. The van der Waals surface area contributed by atoms with E-state index in [-0.39, 0.29) is 0 Å². The number of aromatic nitrogens is 1. The third-order valence-corrected chi connectivity index (χ3v) is 3.30. The predicted molar refractivity (Wildman–Crippen MR) is 67.2 cm³/mol. The van der Waals surface area contributed by atoms with Crippen LogP contribution in [-0.4, -0.2) is 22.1 Å². The molecule has 2 unspecified atom stereocenters. The molecule has 1 aliphatic heterocycles. The fourth-order valence-electron chi connectivity index (χ4n) is 2.33. The number of hydrazine groups is 1. The highest BCUT2D eigenvalue weighted by Crippen LogP contribution is 2.22. The van der Waals surface area contributed by atoms with Crippen molar-refractivity contribution in [1.29, 1.82) is 5.26 Å². The fraction of sp³-hybridized carbons (Fsp3) is 0.538. The van der Waals surface area contributed by atoms with Crippen LogP contribution in [0.1, 0.15) is 38.8 Å². The van der Waals surface area contributed by atoms with E-state index < -0.39 is 0 Å². The predicted octanol–water partition coefficient (Wildman–Crippen LogP) is 2.54. The molecule has 0 aromatic carbocycles. The summed E-state index contributed by atoms with van der Waals surface area (Å²) in [5.74, 6) is 0.754. The van der Waals surface area contributed by atoms with Crippen LogP contribution in [0.15, 0.2) is 18.2 Å². The summed E-state index contributed by atoms with van der Waals surface area (Å²) in [6.07, 6.45) is 3.69. The molecule has 0 saturated carbocycles. The van der Waals surface area contributed by atoms with Gasteiger partial charge >= 0.3 is 0 Å². The number of piperidine rings is 1. The van der Waals surface area contributed by atoms with Gasteiger partial charge in [-0.15, -0.1) is 0 Å². The van der Waals surface area contributed by atoms with Gasteiger partial charge in [0.05, 0.1) is 0 Å². The first-order valence-corrected chi connectivity index (χ1v) is 6.13. The quantitative estimate of drug-likeness (QED) is 0.848. The molecule has 1 aliphatic rings. The van der Waals surface area contributed by atoms with Gasteiger partial charge in [0.1, 0.15) is 17.6 Å². The van der Waals surface area contributed by atoms with Crippen LogP contribution in [0.2, 0.25) is 0 Å². The van der Waals surface area contributed by atoms with Gasteiger partial charge in [-0.3, -0.25) is 0 Å². The lowest BCUT2D eigenvalue weighted by atomic mass is 10.00. The Labute approximate surface area is 102 Å². The molecule has 1 saturated heterocycles. The Bertz CT molecular complexity index is 414. The zero-order chi connectivity index (χ0) is 12.3. The Kier molecular flexibility index (Phi) is 3.60. The lowest BCUT2D eigenvalue weighted by Gasteiger charge is -2.39. The van der Waals surface area contributed by atoms with E-state index in [0.717, 1.165) is 5.82 Å². The minimum Gasteiger partial charge on any atom is -0.303 e. The van der Waals surface area contributed by atoms with Gasteiger partial charge in [0.25, 0.3) is 0 Å². The molecule has 17 heavy (non-hydrogen) atoms. The fourth-order valence-corrected chi connectivity index (χ4v) is 2.33. The number of pyridine rings is 1. The monoisotopic (exact) mass is 230 g/mol. The van der Waals surface area contributed by atoms with Crippen molar-refractivity contribution in [2.75, 3.05) is 5.43 Å². The third-order valence-electron chi connectivity index (χ3n) is 3.30. The van der Waals surface area contributed by atoms with Crippen molar-refractivity contribution in [2.45, 2.75) is 45.2 Å². The van der Waals surface area contributed by atoms with Crippen molar-refractivity contribution in [2.24, 2.45) is 0 Å². The van der Waals surface area contributed by atoms with Crippen LogP contribution in [0.4, 0.5) is 5.82 Å². The smallest absolute Gasteiger partial charge is 0.142 e. The van der Waals surface area contributed by atoms with Gasteiger partial charge in [0.15, 0.2) is 0 Å². The average Bonchev–Trinajstić information content (AvgIpc) is 2.34. The van der Waals surface area contributed by atoms with E-state index in [1.807, 2.05) is 12.1 Å². The van der Waals surface area contributed by atoms with E-state index in [4.69, 9.17) is 5.26 Å². The zero-order valence-corrected chi connectivity index (χ0v) is 10.3. The minimum absolute atomic E-state index is 0.451. The van der Waals surface area contributed by atoms with E-state index in [2.05, 4.69) is 35.3 Å². The van der Waals surface area contributed by atoms with Crippen LogP contribution in [-0.2, 0) is 0 Å². The summed E-state index contributed by atoms with van der Waals surface area (Å²) in [5.41, 5.74) is 3.78. The Morgan fingerprint density at radius 3 is 2.71 bits per heavy atom. The van der Waals surface area contributed by atoms with E-state index >= 15 is 0 Å². The second-order valence-electron chi connectivity index (χ2n) is 4.67. The van der Waals surface area contributed by atoms with Crippen molar-refractivity contribution in [1.82, 2.24) is 9.99 Å². The van der Waals surface area contributed by atoms with Crippen LogP contribution in [0.5, 0.6) is 0 Å². The summed E-state index contributed by atoms with van der Waals surface area (Å²) < 4.78 is 0. The van der Waals surface area contributed by atoms with Gasteiger partial charge in [-0.25, -0.2) is 9.99 Å². The summed E-state index contributed by atoms with van der Waals surface area (Å²) in [7, 11) is 0. The Morgan fingerprint density at radius 2 is 2.06 bits per heavy atom. The molecule has 2 atom stereocenters. The highest BCUT2D eigenvalue weighted by Gasteiger charge is 2.24. The van der Waals surface area contributed by atoms with Crippen molar-refractivity contribution in [3.63, 3.8) is 0 Å². The molecule has 4 heteroatoms. The molecule has 1 aromatic heterocycles. The number of hydrogen-bond donors (Lipinski definition) is 1. The van der Waals surface area contributed by atoms with Crippen molar-refractivity contribution in [3.8, 4) is 6.07 Å². The highest BCUT2D eigenvalue weighted by atomic mass is 15.5. The maximum absolute atomic E-state index is 8.82. The molecule has 1 N–H and O–H groups in total. The van der Waals surface area contributed by atoms with E-state index in [1.54, 1.807) is 6.07 Å². The zero-order valence-electron chi connectivity index (χ0n) is 10.3. The number of nitrogens with one attached hydrogen (secondary N) is 1. The van der Waals surface area contributed by atoms with Crippen LogP contribution in [0, 0.1) is 11.3 Å². The van der Waals surface area contributed by atoms with Crippen LogP contribution < -0.4 is 5.43 Å². The summed E-state index contributed by atoms with van der Waals surface area (Å²) in [5, 5.41) is 11.1. The van der Waals surface area contributed by atoms with Crippen LogP contribution in [0.25, 0.3) is 0 Å². The molecular weight excluding hydrogens is 212 g/mol. The Hall–Kier alpha value is -1.60. The highest BCUT2D eigenvalue weighted by molar-refractivity contribution is 5.37. The number of hydrogen-bond acceptors (Lipinski definition) is 4. The van der Waals surface area contributed by atoms with Crippen molar-refractivity contribution < 1.29 is 0 Å². The Balaban J connectivity index is 2.11. The maximum atomic E-state index is 8.82. The lowest BCUT2D eigenvalue weighted by Crippen LogP contribution is -2.47. The SMILES string of the molecule is CC1CCCC(C)N1Nc1cccc(C#N)n1. The van der Waals surface area contributed by atoms with E-state index in [1.165, 1.54) is 19.3 Å². The van der Waals surface area contributed by atoms with E-state index in [0.29, 0.717) is 17.8 Å². The number of nitrogens with zero attached hydrogens (tertiary/aromatic N) is 3. The molecule has 1 fully saturated rings. The van der Waals surface area contributed by atoms with E-state index in [9.17, 15) is 0 Å². The van der Waals surface area contributed by atoms with Gasteiger partial charge < -0.3 is 5.43 Å². The van der Waals surface area contributed by atoms with Crippen LogP contribution in [0.3, 0.4) is 0 Å². The summed E-state index contributed by atoms with van der Waals surface area (Å²) in [4.78, 5) is 4.24. The Morgan fingerprint density at radius 1 is 1.35 bits per heavy atom. The van der Waals surface area contributed by atoms with Crippen molar-refractivity contribution >= 4 is 5.82 Å². The molecule has 0 aliphatic carbocycles. The molecule has 0 spiro atoms. The average molecular weight is 230 g/mol. The molecule has 0 bridgehead atoms. The normalized spacial score (nSPS) is 25.2. The summed E-state index contributed by atoms with van der Waals surface area (Å²) in [6.45, 7) is 4.44. The van der Waals surface area contributed by atoms with Gasteiger partial charge in [0.2, 0.25) is 0 Å². The molecule has 1 aromatic rings. The molecular formula is C13H18N4. The molecule has 0 radical (unpaired) electrons.